The molecule has 0 radical (unpaired) electrons. The number of benzene rings is 1. The van der Waals surface area contributed by atoms with Gasteiger partial charge in [0, 0.05) is 0 Å². The first-order valence-electron chi connectivity index (χ1n) is 7.26. The maximum atomic E-state index is 12.6. The van der Waals surface area contributed by atoms with Crippen LogP contribution in [-0.2, 0) is 11.2 Å². The predicted molar refractivity (Wildman–Crippen MR) is 99.3 cm³/mol. The molecule has 1 aromatic carbocycles. The first-order chi connectivity index (χ1) is 11.2. The van der Waals surface area contributed by atoms with Crippen LogP contribution in [0.15, 0.2) is 64.1 Å². The van der Waals surface area contributed by atoms with Gasteiger partial charge in [-0.1, -0.05) is 49.1 Å². The van der Waals surface area contributed by atoms with Crippen molar-refractivity contribution in [2.24, 2.45) is 0 Å². The maximum Gasteiger partial charge on any atom is 0.270 e. The van der Waals surface area contributed by atoms with E-state index < -0.39 is 0 Å². The summed E-state index contributed by atoms with van der Waals surface area (Å²) >= 11 is 6.66. The SMILES string of the molecule is CCc1ccc(N2C(=O)/C(=C\C=C\c3ccco3)SC2=S)cc1. The van der Waals surface area contributed by atoms with Crippen LogP contribution in [0.2, 0.25) is 0 Å². The molecule has 0 unspecified atom stereocenters. The van der Waals surface area contributed by atoms with E-state index in [-0.39, 0.29) is 5.91 Å². The summed E-state index contributed by atoms with van der Waals surface area (Å²) < 4.78 is 5.77. The fraction of sp³-hybridized carbons (Fsp3) is 0.111. The number of thioether (sulfide) groups is 1. The van der Waals surface area contributed by atoms with E-state index in [0.717, 1.165) is 17.9 Å². The molecular formula is C18H15NO2S2. The van der Waals surface area contributed by atoms with E-state index in [4.69, 9.17) is 16.6 Å². The Kier molecular flexibility index (Phi) is 4.79. The Labute approximate surface area is 144 Å². The van der Waals surface area contributed by atoms with Gasteiger partial charge in [0.05, 0.1) is 16.9 Å². The van der Waals surface area contributed by atoms with E-state index >= 15 is 0 Å². The molecule has 1 aliphatic rings. The zero-order valence-corrected chi connectivity index (χ0v) is 14.2. The molecule has 1 amide bonds. The fourth-order valence-electron chi connectivity index (χ4n) is 2.20. The molecule has 0 saturated carbocycles. The topological polar surface area (TPSA) is 33.5 Å². The normalized spacial score (nSPS) is 16.9. The van der Waals surface area contributed by atoms with Gasteiger partial charge in [0.15, 0.2) is 4.32 Å². The van der Waals surface area contributed by atoms with Crippen LogP contribution in [-0.4, -0.2) is 10.2 Å². The standard InChI is InChI=1S/C18H15NO2S2/c1-2-13-8-10-14(11-9-13)19-17(20)16(23-18(19)22)7-3-5-15-6-4-12-21-15/h3-12H,2H2,1H3/b5-3+,16-7+. The highest BCUT2D eigenvalue weighted by Crippen LogP contribution is 2.35. The molecule has 2 heterocycles. The number of amides is 1. The van der Waals surface area contributed by atoms with Gasteiger partial charge in [0.25, 0.3) is 5.91 Å². The Bertz CT molecular complexity index is 774. The van der Waals surface area contributed by atoms with Crippen molar-refractivity contribution in [2.45, 2.75) is 13.3 Å². The second-order valence-corrected chi connectivity index (χ2v) is 6.61. The van der Waals surface area contributed by atoms with Crippen LogP contribution in [0.25, 0.3) is 6.08 Å². The van der Waals surface area contributed by atoms with Crippen molar-refractivity contribution >= 4 is 46.0 Å². The maximum absolute atomic E-state index is 12.6. The summed E-state index contributed by atoms with van der Waals surface area (Å²) in [7, 11) is 0. The van der Waals surface area contributed by atoms with Crippen LogP contribution < -0.4 is 4.90 Å². The molecular weight excluding hydrogens is 326 g/mol. The van der Waals surface area contributed by atoms with Crippen molar-refractivity contribution < 1.29 is 9.21 Å². The minimum atomic E-state index is -0.0895. The summed E-state index contributed by atoms with van der Waals surface area (Å²) in [6.45, 7) is 2.10. The summed E-state index contributed by atoms with van der Waals surface area (Å²) in [5.74, 6) is 0.653. The molecule has 5 heteroatoms. The van der Waals surface area contributed by atoms with Gasteiger partial charge in [-0.2, -0.15) is 0 Å². The van der Waals surface area contributed by atoms with Gasteiger partial charge in [-0.05, 0) is 48.4 Å². The lowest BCUT2D eigenvalue weighted by Crippen LogP contribution is -2.27. The summed E-state index contributed by atoms with van der Waals surface area (Å²) in [6.07, 6.45) is 7.95. The smallest absolute Gasteiger partial charge is 0.270 e. The third-order valence-corrected chi connectivity index (χ3v) is 4.77. The van der Waals surface area contributed by atoms with Gasteiger partial charge < -0.3 is 4.42 Å². The Morgan fingerprint density at radius 2 is 2.04 bits per heavy atom. The summed E-state index contributed by atoms with van der Waals surface area (Å²) in [5, 5.41) is 0. The monoisotopic (exact) mass is 341 g/mol. The van der Waals surface area contributed by atoms with Gasteiger partial charge in [0.2, 0.25) is 0 Å². The second kappa shape index (κ2) is 6.98. The summed E-state index contributed by atoms with van der Waals surface area (Å²) in [6, 6.07) is 11.6. The van der Waals surface area contributed by atoms with Crippen molar-refractivity contribution in [1.29, 1.82) is 0 Å². The number of rotatable bonds is 4. The van der Waals surface area contributed by atoms with Gasteiger partial charge in [0.1, 0.15) is 5.76 Å². The van der Waals surface area contributed by atoms with Gasteiger partial charge in [-0.15, -0.1) is 0 Å². The van der Waals surface area contributed by atoms with E-state index in [1.807, 2.05) is 42.5 Å². The van der Waals surface area contributed by atoms with Gasteiger partial charge in [-0.3, -0.25) is 9.69 Å². The highest BCUT2D eigenvalue weighted by Gasteiger charge is 2.32. The number of thiocarbonyl (C=S) groups is 1. The van der Waals surface area contributed by atoms with Crippen LogP contribution in [0.5, 0.6) is 0 Å². The molecule has 1 aliphatic heterocycles. The number of anilines is 1. The molecule has 3 rings (SSSR count). The number of allylic oxidation sites excluding steroid dienone is 2. The molecule has 0 bridgehead atoms. The molecule has 0 aliphatic carbocycles. The predicted octanol–water partition coefficient (Wildman–Crippen LogP) is 4.80. The molecule has 116 valence electrons. The minimum absolute atomic E-state index is 0.0895. The van der Waals surface area contributed by atoms with Crippen LogP contribution in [0.4, 0.5) is 5.69 Å². The number of carbonyl (C=O) groups excluding carboxylic acids is 1. The summed E-state index contributed by atoms with van der Waals surface area (Å²) in [4.78, 5) is 14.7. The van der Waals surface area contributed by atoms with Crippen molar-refractivity contribution in [1.82, 2.24) is 0 Å². The molecule has 2 aromatic rings. The largest absolute Gasteiger partial charge is 0.465 e. The zero-order chi connectivity index (χ0) is 16.2. The molecule has 1 aromatic heterocycles. The minimum Gasteiger partial charge on any atom is -0.465 e. The van der Waals surface area contributed by atoms with Gasteiger partial charge in [-0.25, -0.2) is 0 Å². The first kappa shape index (κ1) is 15.8. The van der Waals surface area contributed by atoms with Gasteiger partial charge >= 0.3 is 0 Å². The van der Waals surface area contributed by atoms with Crippen molar-refractivity contribution in [2.75, 3.05) is 4.90 Å². The van der Waals surface area contributed by atoms with E-state index in [9.17, 15) is 4.79 Å². The van der Waals surface area contributed by atoms with Crippen LogP contribution >= 0.6 is 24.0 Å². The fourth-order valence-corrected chi connectivity index (χ4v) is 3.45. The Balaban J connectivity index is 1.79. The molecule has 1 saturated heterocycles. The van der Waals surface area contributed by atoms with Crippen molar-refractivity contribution in [3.8, 4) is 0 Å². The highest BCUT2D eigenvalue weighted by molar-refractivity contribution is 8.27. The van der Waals surface area contributed by atoms with E-state index in [2.05, 4.69) is 6.92 Å². The average molecular weight is 341 g/mol. The number of carbonyl (C=O) groups is 1. The number of aryl methyl sites for hydroxylation is 1. The third kappa shape index (κ3) is 3.46. The lowest BCUT2D eigenvalue weighted by atomic mass is 10.1. The highest BCUT2D eigenvalue weighted by atomic mass is 32.2. The molecule has 0 spiro atoms. The molecule has 3 nitrogen and oxygen atoms in total. The number of hydrogen-bond donors (Lipinski definition) is 0. The van der Waals surface area contributed by atoms with E-state index in [1.165, 1.54) is 17.3 Å². The lowest BCUT2D eigenvalue weighted by molar-refractivity contribution is -0.113. The second-order valence-electron chi connectivity index (χ2n) is 4.93. The molecule has 0 N–H and O–H groups in total. The quantitative estimate of drug-likeness (QED) is 0.590. The molecule has 23 heavy (non-hydrogen) atoms. The average Bonchev–Trinajstić information content (AvgIpc) is 3.17. The van der Waals surface area contributed by atoms with E-state index in [1.54, 1.807) is 23.3 Å². The molecule has 0 atom stereocenters. The number of furan rings is 1. The third-order valence-electron chi connectivity index (χ3n) is 3.45. The summed E-state index contributed by atoms with van der Waals surface area (Å²) in [5.41, 5.74) is 2.04. The molecule has 1 fully saturated rings. The van der Waals surface area contributed by atoms with Crippen LogP contribution in [0.3, 0.4) is 0 Å². The first-order valence-corrected chi connectivity index (χ1v) is 8.48. The van der Waals surface area contributed by atoms with Crippen LogP contribution in [0, 0.1) is 0 Å². The Morgan fingerprint density at radius 1 is 1.26 bits per heavy atom. The number of nitrogens with zero attached hydrogens (tertiary/aromatic N) is 1. The van der Waals surface area contributed by atoms with Crippen molar-refractivity contribution in [3.63, 3.8) is 0 Å². The van der Waals surface area contributed by atoms with E-state index in [0.29, 0.717) is 9.23 Å². The Morgan fingerprint density at radius 3 is 2.70 bits per heavy atom. The van der Waals surface area contributed by atoms with Crippen LogP contribution in [0.1, 0.15) is 18.2 Å². The van der Waals surface area contributed by atoms with Crippen molar-refractivity contribution in [3.05, 3.63) is 71.0 Å². The Hall–Kier alpha value is -2.11. The lowest BCUT2D eigenvalue weighted by Gasteiger charge is -2.14. The number of hydrogen-bond acceptors (Lipinski definition) is 4. The zero-order valence-electron chi connectivity index (χ0n) is 12.6.